The van der Waals surface area contributed by atoms with Gasteiger partial charge < -0.3 is 5.73 Å². The highest BCUT2D eigenvalue weighted by atomic mass is 79.9. The number of sulfonamides is 1. The fourth-order valence-electron chi connectivity index (χ4n) is 1.31. The van der Waals surface area contributed by atoms with Gasteiger partial charge in [0.1, 0.15) is 0 Å². The number of hydrogen-bond donors (Lipinski definition) is 2. The maximum Gasteiger partial charge on any atom is 0.261 e. The summed E-state index contributed by atoms with van der Waals surface area (Å²) in [6, 6.07) is 7.70. The molecule has 0 saturated heterocycles. The minimum Gasteiger partial charge on any atom is -0.398 e. The number of hydrogen-bond acceptors (Lipinski definition) is 4. The number of nitrogens with one attached hydrogen (secondary N) is 1. The summed E-state index contributed by atoms with van der Waals surface area (Å²) in [6.07, 6.45) is 3.00. The van der Waals surface area contributed by atoms with Gasteiger partial charge >= 0.3 is 0 Å². The number of rotatable bonds is 3. The van der Waals surface area contributed by atoms with Crippen LogP contribution in [-0.2, 0) is 10.0 Å². The number of nitrogens with zero attached hydrogens (tertiary/aromatic N) is 1. The highest BCUT2D eigenvalue weighted by molar-refractivity contribution is 9.10. The molecule has 94 valence electrons. The van der Waals surface area contributed by atoms with Crippen molar-refractivity contribution in [2.45, 2.75) is 4.90 Å². The molecule has 0 aliphatic rings. The Kier molecular flexibility index (Phi) is 3.53. The SMILES string of the molecule is Nc1ccc(S(=O)(=O)Nc2cccnc2)cc1Br. The summed E-state index contributed by atoms with van der Waals surface area (Å²) in [6.45, 7) is 0. The molecule has 3 N–H and O–H groups in total. The molecule has 0 aliphatic carbocycles. The lowest BCUT2D eigenvalue weighted by Gasteiger charge is -2.08. The average Bonchev–Trinajstić information content (AvgIpc) is 2.33. The van der Waals surface area contributed by atoms with Crippen LogP contribution in [0.2, 0.25) is 0 Å². The van der Waals surface area contributed by atoms with Gasteiger partial charge in [0.25, 0.3) is 10.0 Å². The molecule has 0 saturated carbocycles. The van der Waals surface area contributed by atoms with Crippen molar-refractivity contribution < 1.29 is 8.42 Å². The predicted octanol–water partition coefficient (Wildman–Crippen LogP) is 2.23. The van der Waals surface area contributed by atoms with E-state index in [0.29, 0.717) is 15.8 Å². The van der Waals surface area contributed by atoms with E-state index in [-0.39, 0.29) is 4.90 Å². The number of nitrogen functional groups attached to an aromatic ring is 1. The van der Waals surface area contributed by atoms with E-state index >= 15 is 0 Å². The zero-order valence-electron chi connectivity index (χ0n) is 9.17. The highest BCUT2D eigenvalue weighted by Crippen LogP contribution is 2.24. The van der Waals surface area contributed by atoms with Crippen LogP contribution in [-0.4, -0.2) is 13.4 Å². The molecule has 0 aliphatic heterocycles. The van der Waals surface area contributed by atoms with Gasteiger partial charge in [-0.15, -0.1) is 0 Å². The lowest BCUT2D eigenvalue weighted by Crippen LogP contribution is -2.13. The fourth-order valence-corrected chi connectivity index (χ4v) is 2.91. The first kappa shape index (κ1) is 12.8. The second kappa shape index (κ2) is 4.95. The molecule has 1 aromatic heterocycles. The minimum absolute atomic E-state index is 0.132. The summed E-state index contributed by atoms with van der Waals surface area (Å²) in [5, 5.41) is 0. The zero-order chi connectivity index (χ0) is 13.2. The first-order valence-corrected chi connectivity index (χ1v) is 7.24. The van der Waals surface area contributed by atoms with E-state index in [4.69, 9.17) is 5.73 Å². The van der Waals surface area contributed by atoms with Gasteiger partial charge in [-0.2, -0.15) is 0 Å². The maximum absolute atomic E-state index is 12.1. The molecule has 5 nitrogen and oxygen atoms in total. The molecule has 2 rings (SSSR count). The molecule has 0 spiro atoms. The van der Waals surface area contributed by atoms with Crippen LogP contribution in [0.5, 0.6) is 0 Å². The van der Waals surface area contributed by atoms with Crippen molar-refractivity contribution >= 4 is 37.3 Å². The summed E-state index contributed by atoms with van der Waals surface area (Å²) >= 11 is 3.19. The highest BCUT2D eigenvalue weighted by Gasteiger charge is 2.15. The van der Waals surface area contributed by atoms with Crippen LogP contribution < -0.4 is 10.5 Å². The maximum atomic E-state index is 12.1. The molecule has 0 fully saturated rings. The Bertz CT molecular complexity index is 659. The topological polar surface area (TPSA) is 85.1 Å². The number of benzene rings is 1. The number of anilines is 2. The fraction of sp³-hybridized carbons (Fsp3) is 0. The lowest BCUT2D eigenvalue weighted by atomic mass is 10.3. The smallest absolute Gasteiger partial charge is 0.261 e. The van der Waals surface area contributed by atoms with Crippen LogP contribution in [0.3, 0.4) is 0 Å². The normalized spacial score (nSPS) is 11.2. The summed E-state index contributed by atoms with van der Waals surface area (Å²) in [7, 11) is -3.63. The monoisotopic (exact) mass is 327 g/mol. The van der Waals surface area contributed by atoms with Crippen molar-refractivity contribution in [1.82, 2.24) is 4.98 Å². The Balaban J connectivity index is 2.34. The third kappa shape index (κ3) is 2.80. The first-order chi connectivity index (χ1) is 8.49. The standard InChI is InChI=1S/C11H10BrN3O2S/c12-10-6-9(3-4-11(10)13)18(16,17)15-8-2-1-5-14-7-8/h1-7,15H,13H2. The Morgan fingerprint density at radius 3 is 2.67 bits per heavy atom. The molecule has 0 amide bonds. The van der Waals surface area contributed by atoms with Gasteiger partial charge in [-0.05, 0) is 46.3 Å². The Hall–Kier alpha value is -1.60. The van der Waals surface area contributed by atoms with Gasteiger partial charge in [0, 0.05) is 16.4 Å². The van der Waals surface area contributed by atoms with E-state index in [9.17, 15) is 8.42 Å². The van der Waals surface area contributed by atoms with Crippen molar-refractivity contribution in [2.24, 2.45) is 0 Å². The zero-order valence-corrected chi connectivity index (χ0v) is 11.6. The van der Waals surface area contributed by atoms with E-state index in [1.807, 2.05) is 0 Å². The Morgan fingerprint density at radius 1 is 1.28 bits per heavy atom. The molecule has 0 unspecified atom stereocenters. The van der Waals surface area contributed by atoms with Crippen LogP contribution in [0, 0.1) is 0 Å². The number of halogens is 1. The number of nitrogens with two attached hydrogens (primary N) is 1. The van der Waals surface area contributed by atoms with Gasteiger partial charge in [0.15, 0.2) is 0 Å². The van der Waals surface area contributed by atoms with E-state index in [2.05, 4.69) is 25.6 Å². The van der Waals surface area contributed by atoms with Crippen molar-refractivity contribution in [3.05, 3.63) is 47.2 Å². The van der Waals surface area contributed by atoms with Crippen molar-refractivity contribution in [3.63, 3.8) is 0 Å². The van der Waals surface area contributed by atoms with Crippen LogP contribution >= 0.6 is 15.9 Å². The lowest BCUT2D eigenvalue weighted by molar-refractivity contribution is 0.601. The van der Waals surface area contributed by atoms with Gasteiger partial charge in [-0.3, -0.25) is 9.71 Å². The molecular weight excluding hydrogens is 318 g/mol. The third-order valence-electron chi connectivity index (χ3n) is 2.20. The van der Waals surface area contributed by atoms with E-state index in [1.54, 1.807) is 18.3 Å². The predicted molar refractivity (Wildman–Crippen MR) is 73.6 cm³/mol. The summed E-state index contributed by atoms with van der Waals surface area (Å²) in [4.78, 5) is 3.97. The van der Waals surface area contributed by atoms with Crippen LogP contribution in [0.25, 0.3) is 0 Å². The molecule has 0 bridgehead atoms. The molecule has 1 aromatic carbocycles. The van der Waals surface area contributed by atoms with E-state index in [0.717, 1.165) is 0 Å². The third-order valence-corrected chi connectivity index (χ3v) is 4.26. The van der Waals surface area contributed by atoms with Crippen molar-refractivity contribution in [2.75, 3.05) is 10.5 Å². The van der Waals surface area contributed by atoms with Crippen molar-refractivity contribution in [1.29, 1.82) is 0 Å². The minimum atomic E-state index is -3.63. The second-order valence-electron chi connectivity index (χ2n) is 3.53. The first-order valence-electron chi connectivity index (χ1n) is 4.97. The Morgan fingerprint density at radius 2 is 2.06 bits per heavy atom. The number of aromatic nitrogens is 1. The molecule has 7 heteroatoms. The van der Waals surface area contributed by atoms with Gasteiger partial charge in [-0.25, -0.2) is 8.42 Å². The van der Waals surface area contributed by atoms with E-state index in [1.165, 1.54) is 24.4 Å². The van der Waals surface area contributed by atoms with Gasteiger partial charge in [0.2, 0.25) is 0 Å². The summed E-state index contributed by atoms with van der Waals surface area (Å²) in [5.41, 5.74) is 6.50. The Labute approximate surface area is 113 Å². The molecule has 0 atom stereocenters. The second-order valence-corrected chi connectivity index (χ2v) is 6.07. The van der Waals surface area contributed by atoms with Crippen molar-refractivity contribution in [3.8, 4) is 0 Å². The summed E-state index contributed by atoms with van der Waals surface area (Å²) < 4.78 is 27.1. The van der Waals surface area contributed by atoms with Crippen LogP contribution in [0.1, 0.15) is 0 Å². The van der Waals surface area contributed by atoms with Crippen LogP contribution in [0.4, 0.5) is 11.4 Å². The molecule has 2 aromatic rings. The van der Waals surface area contributed by atoms with Gasteiger partial charge in [0.05, 0.1) is 16.8 Å². The number of pyridine rings is 1. The molecule has 18 heavy (non-hydrogen) atoms. The summed E-state index contributed by atoms with van der Waals surface area (Å²) in [5.74, 6) is 0. The average molecular weight is 328 g/mol. The molecule has 1 heterocycles. The molecule has 0 radical (unpaired) electrons. The quantitative estimate of drug-likeness (QED) is 0.846. The largest absolute Gasteiger partial charge is 0.398 e. The van der Waals surface area contributed by atoms with Gasteiger partial charge in [-0.1, -0.05) is 0 Å². The molecular formula is C11H10BrN3O2S. The van der Waals surface area contributed by atoms with Crippen LogP contribution in [0.15, 0.2) is 52.1 Å². The van der Waals surface area contributed by atoms with E-state index < -0.39 is 10.0 Å².